The fourth-order valence-electron chi connectivity index (χ4n) is 2.15. The van der Waals surface area contributed by atoms with Crippen LogP contribution in [0.4, 0.5) is 5.69 Å². The van der Waals surface area contributed by atoms with Gasteiger partial charge in [0.05, 0.1) is 6.20 Å². The van der Waals surface area contributed by atoms with Gasteiger partial charge < -0.3 is 9.88 Å². The molecule has 6 heteroatoms. The number of hydrogen-bond acceptors (Lipinski definition) is 2. The Morgan fingerprint density at radius 3 is 2.17 bits per heavy atom. The van der Waals surface area contributed by atoms with Crippen LogP contribution in [0.15, 0.2) is 54.7 Å². The van der Waals surface area contributed by atoms with Gasteiger partial charge in [-0.1, -0.05) is 23.2 Å². The van der Waals surface area contributed by atoms with Crippen LogP contribution in [0.2, 0.25) is 10.0 Å². The summed E-state index contributed by atoms with van der Waals surface area (Å²) in [7, 11) is 1.70. The van der Waals surface area contributed by atoms with Gasteiger partial charge in [-0.2, -0.15) is 0 Å². The fourth-order valence-corrected chi connectivity index (χ4v) is 2.40. The molecule has 0 bridgehead atoms. The lowest BCUT2D eigenvalue weighted by molar-refractivity contribution is 0.0989. The molecule has 116 valence electrons. The molecule has 1 heterocycles. The van der Waals surface area contributed by atoms with Gasteiger partial charge in [-0.15, -0.1) is 0 Å². The second-order valence-electron chi connectivity index (χ2n) is 4.99. The van der Waals surface area contributed by atoms with E-state index in [1.807, 2.05) is 12.1 Å². The summed E-state index contributed by atoms with van der Waals surface area (Å²) in [5.74, 6) is 0.439. The van der Waals surface area contributed by atoms with Crippen LogP contribution in [0.25, 0.3) is 11.4 Å². The maximum atomic E-state index is 12.5. The number of anilines is 1. The molecule has 3 aromatic rings. The molecular formula is C17H13Cl2N3O. The first-order valence-corrected chi connectivity index (χ1v) is 7.65. The smallest absolute Gasteiger partial charge is 0.276 e. The first kappa shape index (κ1) is 15.6. The van der Waals surface area contributed by atoms with E-state index >= 15 is 0 Å². The summed E-state index contributed by atoms with van der Waals surface area (Å²) >= 11 is 11.7. The molecule has 0 aliphatic carbocycles. The van der Waals surface area contributed by atoms with E-state index in [0.717, 1.165) is 11.3 Å². The normalized spacial score (nSPS) is 10.6. The minimum atomic E-state index is -0.181. The summed E-state index contributed by atoms with van der Waals surface area (Å²) in [6.45, 7) is 0. The number of imidazole rings is 1. The van der Waals surface area contributed by atoms with Crippen LogP contribution in [0.1, 0.15) is 10.5 Å². The number of benzene rings is 2. The van der Waals surface area contributed by atoms with Crippen molar-refractivity contribution in [2.75, 3.05) is 11.9 Å². The highest BCUT2D eigenvalue weighted by molar-refractivity contribution is 6.31. The molecule has 0 fully saturated rings. The Balaban J connectivity index is 1.83. The summed E-state index contributed by atoms with van der Waals surface area (Å²) in [6.07, 6.45) is 1.53. The monoisotopic (exact) mass is 345 g/mol. The molecule has 0 saturated carbocycles. The molecule has 0 aliphatic heterocycles. The summed E-state index contributed by atoms with van der Waals surface area (Å²) in [5.41, 5.74) is 2.03. The molecular weight excluding hydrogens is 333 g/mol. The van der Waals surface area contributed by atoms with E-state index in [0.29, 0.717) is 21.6 Å². The maximum absolute atomic E-state index is 12.5. The lowest BCUT2D eigenvalue weighted by Gasteiger charge is -2.16. The second kappa shape index (κ2) is 6.44. The Hall–Kier alpha value is -2.30. The number of nitrogens with one attached hydrogen (secondary N) is 1. The molecule has 1 amide bonds. The number of amides is 1. The number of nitrogens with zero attached hydrogens (tertiary/aromatic N) is 2. The van der Waals surface area contributed by atoms with Crippen LogP contribution in [0, 0.1) is 0 Å². The molecule has 0 spiro atoms. The molecule has 23 heavy (non-hydrogen) atoms. The number of carbonyl (C=O) groups excluding carboxylic acids is 1. The Morgan fingerprint density at radius 1 is 1.00 bits per heavy atom. The van der Waals surface area contributed by atoms with Gasteiger partial charge in [0.2, 0.25) is 0 Å². The zero-order chi connectivity index (χ0) is 16.4. The SMILES string of the molecule is CN(C(=O)c1cnc(-c2ccc(Cl)cc2)[nH]1)c1ccc(Cl)cc1. The van der Waals surface area contributed by atoms with Crippen LogP contribution in [0.5, 0.6) is 0 Å². The van der Waals surface area contributed by atoms with Crippen LogP contribution in [-0.2, 0) is 0 Å². The summed E-state index contributed by atoms with van der Waals surface area (Å²) in [6, 6.07) is 14.3. The van der Waals surface area contributed by atoms with Gasteiger partial charge in [-0.05, 0) is 48.5 Å². The number of hydrogen-bond donors (Lipinski definition) is 1. The molecule has 2 aromatic carbocycles. The van der Waals surface area contributed by atoms with E-state index in [4.69, 9.17) is 23.2 Å². The third-order valence-electron chi connectivity index (χ3n) is 3.44. The fraction of sp³-hybridized carbons (Fsp3) is 0.0588. The molecule has 0 radical (unpaired) electrons. The first-order valence-electron chi connectivity index (χ1n) is 6.89. The number of carbonyl (C=O) groups is 1. The average Bonchev–Trinajstić information content (AvgIpc) is 3.05. The lowest BCUT2D eigenvalue weighted by Crippen LogP contribution is -2.26. The van der Waals surface area contributed by atoms with Crippen LogP contribution in [0.3, 0.4) is 0 Å². The standard InChI is InChI=1S/C17H13Cl2N3O/c1-22(14-8-6-13(19)7-9-14)17(23)15-10-20-16(21-15)11-2-4-12(18)5-3-11/h2-10H,1H3,(H,20,21). The van der Waals surface area contributed by atoms with E-state index in [2.05, 4.69) is 9.97 Å². The molecule has 0 atom stereocenters. The molecule has 4 nitrogen and oxygen atoms in total. The molecule has 0 saturated heterocycles. The zero-order valence-corrected chi connectivity index (χ0v) is 13.8. The summed E-state index contributed by atoms with van der Waals surface area (Å²) in [5, 5.41) is 1.28. The van der Waals surface area contributed by atoms with Gasteiger partial charge in [-0.25, -0.2) is 4.98 Å². The highest BCUT2D eigenvalue weighted by Gasteiger charge is 2.16. The molecule has 0 unspecified atom stereocenters. The van der Waals surface area contributed by atoms with Gasteiger partial charge in [0.25, 0.3) is 5.91 Å². The van der Waals surface area contributed by atoms with Crippen molar-refractivity contribution in [3.8, 4) is 11.4 Å². The minimum Gasteiger partial charge on any atom is -0.334 e. The first-order chi connectivity index (χ1) is 11.0. The Kier molecular flexibility index (Phi) is 4.37. The van der Waals surface area contributed by atoms with Crippen molar-refractivity contribution in [3.05, 3.63) is 70.5 Å². The quantitative estimate of drug-likeness (QED) is 0.750. The molecule has 1 aromatic heterocycles. The van der Waals surface area contributed by atoms with E-state index in [1.165, 1.54) is 11.1 Å². The number of halogens is 2. The Bertz CT molecular complexity index is 826. The highest BCUT2D eigenvalue weighted by Crippen LogP contribution is 2.21. The summed E-state index contributed by atoms with van der Waals surface area (Å²) < 4.78 is 0. The average molecular weight is 346 g/mol. The lowest BCUT2D eigenvalue weighted by atomic mass is 10.2. The topological polar surface area (TPSA) is 49.0 Å². The van der Waals surface area contributed by atoms with Gasteiger partial charge in [0, 0.05) is 28.3 Å². The van der Waals surface area contributed by atoms with Crippen molar-refractivity contribution in [3.63, 3.8) is 0 Å². The predicted octanol–water partition coefficient (Wildman–Crippen LogP) is 4.66. The molecule has 3 rings (SSSR count). The second-order valence-corrected chi connectivity index (χ2v) is 5.87. The van der Waals surface area contributed by atoms with Gasteiger partial charge in [0.1, 0.15) is 11.5 Å². The largest absolute Gasteiger partial charge is 0.334 e. The third-order valence-corrected chi connectivity index (χ3v) is 3.95. The van der Waals surface area contributed by atoms with Gasteiger partial charge >= 0.3 is 0 Å². The van der Waals surface area contributed by atoms with Crippen molar-refractivity contribution >= 4 is 34.8 Å². The van der Waals surface area contributed by atoms with Crippen molar-refractivity contribution in [2.24, 2.45) is 0 Å². The number of aromatic nitrogens is 2. The zero-order valence-electron chi connectivity index (χ0n) is 12.3. The van der Waals surface area contributed by atoms with Crippen LogP contribution in [-0.4, -0.2) is 22.9 Å². The van der Waals surface area contributed by atoms with E-state index in [1.54, 1.807) is 43.4 Å². The highest BCUT2D eigenvalue weighted by atomic mass is 35.5. The number of rotatable bonds is 3. The van der Waals surface area contributed by atoms with Crippen molar-refractivity contribution in [1.29, 1.82) is 0 Å². The Labute approximate surface area is 143 Å². The van der Waals surface area contributed by atoms with Crippen LogP contribution >= 0.6 is 23.2 Å². The number of aromatic amines is 1. The minimum absolute atomic E-state index is 0.181. The Morgan fingerprint density at radius 2 is 1.57 bits per heavy atom. The van der Waals surface area contributed by atoms with E-state index < -0.39 is 0 Å². The summed E-state index contributed by atoms with van der Waals surface area (Å²) in [4.78, 5) is 21.4. The number of H-pyrrole nitrogens is 1. The predicted molar refractivity (Wildman–Crippen MR) is 93.2 cm³/mol. The van der Waals surface area contributed by atoms with Crippen molar-refractivity contribution in [1.82, 2.24) is 9.97 Å². The van der Waals surface area contributed by atoms with E-state index in [-0.39, 0.29) is 5.91 Å². The van der Waals surface area contributed by atoms with Crippen LogP contribution < -0.4 is 4.90 Å². The molecule has 1 N–H and O–H groups in total. The maximum Gasteiger partial charge on any atom is 0.276 e. The van der Waals surface area contributed by atoms with Crippen molar-refractivity contribution in [2.45, 2.75) is 0 Å². The van der Waals surface area contributed by atoms with Gasteiger partial charge in [-0.3, -0.25) is 4.79 Å². The van der Waals surface area contributed by atoms with E-state index in [9.17, 15) is 4.79 Å². The molecule has 0 aliphatic rings. The van der Waals surface area contributed by atoms with Crippen molar-refractivity contribution < 1.29 is 4.79 Å². The van der Waals surface area contributed by atoms with Gasteiger partial charge in [0.15, 0.2) is 0 Å². The third kappa shape index (κ3) is 3.38.